The molecule has 4 aliphatic rings. The molecule has 1 N–H and O–H groups in total. The zero-order chi connectivity index (χ0) is 13.7. The first-order valence-corrected chi connectivity index (χ1v) is 7.63. The second-order valence-corrected chi connectivity index (χ2v) is 7.79. The Balaban J connectivity index is 1.73. The summed E-state index contributed by atoms with van der Waals surface area (Å²) in [6, 6.07) is 2.19. The van der Waals surface area contributed by atoms with E-state index in [2.05, 4.69) is 18.3 Å². The van der Waals surface area contributed by atoms with Gasteiger partial charge in [-0.2, -0.15) is 5.26 Å². The average Bonchev–Trinajstić information content (AvgIpc) is 2.32. The van der Waals surface area contributed by atoms with Crippen LogP contribution in [0, 0.1) is 39.9 Å². The van der Waals surface area contributed by atoms with Gasteiger partial charge in [-0.15, -0.1) is 0 Å². The summed E-state index contributed by atoms with van der Waals surface area (Å²) in [7, 11) is 0. The summed E-state index contributed by atoms with van der Waals surface area (Å²) in [6.45, 7) is 4.74. The van der Waals surface area contributed by atoms with Gasteiger partial charge in [0, 0.05) is 6.54 Å². The topological polar surface area (TPSA) is 52.9 Å². The van der Waals surface area contributed by atoms with E-state index in [0.717, 1.165) is 31.1 Å². The van der Waals surface area contributed by atoms with Crippen LogP contribution in [-0.4, -0.2) is 12.5 Å². The van der Waals surface area contributed by atoms with Crippen LogP contribution in [0.5, 0.6) is 0 Å². The van der Waals surface area contributed by atoms with Crippen LogP contribution in [0.4, 0.5) is 0 Å². The number of hydrogen-bond donors (Lipinski definition) is 1. The molecule has 3 atom stereocenters. The number of rotatable bonds is 3. The third-order valence-electron chi connectivity index (χ3n) is 5.62. The van der Waals surface area contributed by atoms with Gasteiger partial charge in [0.2, 0.25) is 5.91 Å². The standard InChI is InChI=1S/C16H24N2O/c1-11(8-17)9-18-14(19)16-6-12-3-13(7-16)5-15(2,4-12)10-16/h11-13H,3-7,9-10H2,1-2H3,(H,18,19). The fraction of sp³-hybridized carbons (Fsp3) is 0.875. The van der Waals surface area contributed by atoms with Gasteiger partial charge >= 0.3 is 0 Å². The molecule has 3 nitrogen and oxygen atoms in total. The molecule has 0 aromatic carbocycles. The van der Waals surface area contributed by atoms with Crippen molar-refractivity contribution in [3.8, 4) is 6.07 Å². The van der Waals surface area contributed by atoms with Crippen LogP contribution in [0.2, 0.25) is 0 Å². The van der Waals surface area contributed by atoms with Crippen LogP contribution >= 0.6 is 0 Å². The zero-order valence-corrected chi connectivity index (χ0v) is 12.0. The Bertz CT molecular complexity index is 423. The molecule has 0 aromatic heterocycles. The van der Waals surface area contributed by atoms with E-state index in [1.807, 2.05) is 6.92 Å². The first kappa shape index (κ1) is 13.0. The first-order valence-electron chi connectivity index (χ1n) is 7.63. The number of carbonyl (C=O) groups excluding carboxylic acids is 1. The number of amides is 1. The van der Waals surface area contributed by atoms with E-state index in [1.54, 1.807) is 0 Å². The molecule has 0 aliphatic heterocycles. The predicted octanol–water partition coefficient (Wildman–Crippen LogP) is 2.87. The molecule has 1 amide bonds. The first-order chi connectivity index (χ1) is 8.95. The molecule has 0 heterocycles. The Morgan fingerprint density at radius 1 is 1.37 bits per heavy atom. The van der Waals surface area contributed by atoms with Gasteiger partial charge in [0.25, 0.3) is 0 Å². The van der Waals surface area contributed by atoms with Crippen molar-refractivity contribution in [2.45, 2.75) is 52.4 Å². The summed E-state index contributed by atoms with van der Waals surface area (Å²) in [5.41, 5.74) is 0.302. The third-order valence-corrected chi connectivity index (χ3v) is 5.62. The highest BCUT2D eigenvalue weighted by molar-refractivity contribution is 5.83. The maximum atomic E-state index is 12.6. The Hall–Kier alpha value is -1.04. The van der Waals surface area contributed by atoms with E-state index in [0.29, 0.717) is 12.0 Å². The highest BCUT2D eigenvalue weighted by Crippen LogP contribution is 2.65. The lowest BCUT2D eigenvalue weighted by Gasteiger charge is -2.60. The zero-order valence-electron chi connectivity index (χ0n) is 12.0. The maximum Gasteiger partial charge on any atom is 0.226 e. The summed E-state index contributed by atoms with van der Waals surface area (Å²) in [5.74, 6) is 1.68. The lowest BCUT2D eigenvalue weighted by molar-refractivity contribution is -0.155. The van der Waals surface area contributed by atoms with E-state index in [4.69, 9.17) is 5.26 Å². The van der Waals surface area contributed by atoms with Crippen molar-refractivity contribution < 1.29 is 4.79 Å². The van der Waals surface area contributed by atoms with Gasteiger partial charge in [-0.25, -0.2) is 0 Å². The number of nitriles is 1. The van der Waals surface area contributed by atoms with E-state index in [-0.39, 0.29) is 17.2 Å². The van der Waals surface area contributed by atoms with Gasteiger partial charge < -0.3 is 5.32 Å². The van der Waals surface area contributed by atoms with E-state index < -0.39 is 0 Å². The molecular formula is C16H24N2O. The monoisotopic (exact) mass is 260 g/mol. The van der Waals surface area contributed by atoms with Crippen molar-refractivity contribution in [2.24, 2.45) is 28.6 Å². The highest BCUT2D eigenvalue weighted by Gasteiger charge is 2.58. The number of carbonyl (C=O) groups is 1. The van der Waals surface area contributed by atoms with Crippen LogP contribution in [-0.2, 0) is 4.79 Å². The number of hydrogen-bond acceptors (Lipinski definition) is 2. The lowest BCUT2D eigenvalue weighted by Crippen LogP contribution is -2.57. The van der Waals surface area contributed by atoms with E-state index in [1.165, 1.54) is 19.3 Å². The number of nitrogens with zero attached hydrogens (tertiary/aromatic N) is 1. The largest absolute Gasteiger partial charge is 0.354 e. The van der Waals surface area contributed by atoms with Gasteiger partial charge in [-0.3, -0.25) is 4.79 Å². The molecule has 3 heteroatoms. The maximum absolute atomic E-state index is 12.6. The molecule has 0 spiro atoms. The molecule has 4 saturated carbocycles. The molecule has 4 fully saturated rings. The highest BCUT2D eigenvalue weighted by atomic mass is 16.2. The van der Waals surface area contributed by atoms with Gasteiger partial charge in [-0.1, -0.05) is 6.92 Å². The number of nitrogens with one attached hydrogen (secondary N) is 1. The molecule has 104 valence electrons. The van der Waals surface area contributed by atoms with Crippen LogP contribution in [0.25, 0.3) is 0 Å². The summed E-state index contributed by atoms with van der Waals surface area (Å²) < 4.78 is 0. The van der Waals surface area contributed by atoms with Crippen LogP contribution in [0.15, 0.2) is 0 Å². The van der Waals surface area contributed by atoms with Crippen molar-refractivity contribution in [2.75, 3.05) is 6.54 Å². The minimum Gasteiger partial charge on any atom is -0.354 e. The summed E-state index contributed by atoms with van der Waals surface area (Å²) in [4.78, 5) is 12.6. The molecule has 0 radical (unpaired) electrons. The van der Waals surface area contributed by atoms with E-state index >= 15 is 0 Å². The van der Waals surface area contributed by atoms with Crippen LogP contribution < -0.4 is 5.32 Å². The molecule has 19 heavy (non-hydrogen) atoms. The Morgan fingerprint density at radius 3 is 2.53 bits per heavy atom. The molecule has 4 bridgehead atoms. The van der Waals surface area contributed by atoms with Gasteiger partial charge in [0.05, 0.1) is 17.4 Å². The summed E-state index contributed by atoms with van der Waals surface area (Å²) in [5, 5.41) is 11.9. The van der Waals surface area contributed by atoms with Crippen molar-refractivity contribution in [3.63, 3.8) is 0 Å². The minimum absolute atomic E-state index is 0.0894. The predicted molar refractivity (Wildman–Crippen MR) is 73.0 cm³/mol. The van der Waals surface area contributed by atoms with E-state index in [9.17, 15) is 4.79 Å². The summed E-state index contributed by atoms with van der Waals surface area (Å²) in [6.07, 6.45) is 7.25. The smallest absolute Gasteiger partial charge is 0.226 e. The van der Waals surface area contributed by atoms with Gasteiger partial charge in [0.1, 0.15) is 0 Å². The fourth-order valence-electron chi connectivity index (χ4n) is 5.46. The lowest BCUT2D eigenvalue weighted by atomic mass is 9.44. The molecular weight excluding hydrogens is 236 g/mol. The van der Waals surface area contributed by atoms with Crippen molar-refractivity contribution in [1.29, 1.82) is 5.26 Å². The van der Waals surface area contributed by atoms with Gasteiger partial charge in [-0.05, 0) is 62.7 Å². The van der Waals surface area contributed by atoms with Crippen LogP contribution in [0.3, 0.4) is 0 Å². The van der Waals surface area contributed by atoms with Crippen molar-refractivity contribution in [1.82, 2.24) is 5.32 Å². The average molecular weight is 260 g/mol. The molecule has 0 aromatic rings. The SMILES string of the molecule is CC(C#N)CNC(=O)C12CC3CC(CC(C)(C3)C1)C2. The van der Waals surface area contributed by atoms with Crippen molar-refractivity contribution in [3.05, 3.63) is 0 Å². The molecule has 4 rings (SSSR count). The second kappa shape index (κ2) is 4.23. The van der Waals surface area contributed by atoms with Crippen LogP contribution in [0.1, 0.15) is 52.4 Å². The molecule has 4 aliphatic carbocycles. The van der Waals surface area contributed by atoms with Crippen molar-refractivity contribution >= 4 is 5.91 Å². The minimum atomic E-state index is -0.103. The molecule has 3 unspecified atom stereocenters. The Morgan fingerprint density at radius 2 is 2.00 bits per heavy atom. The fourth-order valence-corrected chi connectivity index (χ4v) is 5.46. The third kappa shape index (κ3) is 2.16. The second-order valence-electron chi connectivity index (χ2n) is 7.79. The Kier molecular flexibility index (Phi) is 2.89. The normalized spacial score (nSPS) is 44.7. The van der Waals surface area contributed by atoms with Gasteiger partial charge in [0.15, 0.2) is 0 Å². The summed E-state index contributed by atoms with van der Waals surface area (Å²) >= 11 is 0. The quantitative estimate of drug-likeness (QED) is 0.848. The Labute approximate surface area is 115 Å². The molecule has 0 saturated heterocycles.